The Balaban J connectivity index is 1.65. The maximum Gasteiger partial charge on any atom is 0.182 e. The van der Waals surface area contributed by atoms with E-state index in [4.69, 9.17) is 4.74 Å². The van der Waals surface area contributed by atoms with Gasteiger partial charge in [-0.15, -0.1) is 0 Å². The average molecular weight is 305 g/mol. The maximum absolute atomic E-state index is 5.10. The number of aromatic nitrogens is 2. The first kappa shape index (κ1) is 14.6. The van der Waals surface area contributed by atoms with Crippen LogP contribution in [-0.4, -0.2) is 12.1 Å². The predicted molar refractivity (Wildman–Crippen MR) is 86.5 cm³/mol. The minimum absolute atomic E-state index is 0.601. The zero-order chi connectivity index (χ0) is 15.9. The van der Waals surface area contributed by atoms with Crippen LogP contribution in [0.1, 0.15) is 0 Å². The molecule has 114 valence electrons. The number of benzene rings is 1. The van der Waals surface area contributed by atoms with Gasteiger partial charge in [0.1, 0.15) is 5.75 Å². The van der Waals surface area contributed by atoms with Gasteiger partial charge in [-0.1, -0.05) is 18.3 Å². The molecule has 0 aliphatic carbocycles. The molecule has 6 nitrogen and oxygen atoms in total. The van der Waals surface area contributed by atoms with E-state index in [2.05, 4.69) is 20.6 Å². The fraction of sp³-hybridized carbons (Fsp3) is 0.0588. The Morgan fingerprint density at radius 2 is 1.61 bits per heavy atom. The topological polar surface area (TPSA) is 64.8 Å². The fourth-order valence-electron chi connectivity index (χ4n) is 1.84. The summed E-state index contributed by atoms with van der Waals surface area (Å²) in [5.41, 5.74) is 5.75. The van der Waals surface area contributed by atoms with Crippen LogP contribution in [0.25, 0.3) is 5.43 Å². The number of pyridine rings is 2. The van der Waals surface area contributed by atoms with E-state index in [1.165, 1.54) is 0 Å². The van der Waals surface area contributed by atoms with Gasteiger partial charge in [0.15, 0.2) is 12.4 Å². The molecular weight excluding hydrogens is 290 g/mol. The highest BCUT2D eigenvalue weighted by Crippen LogP contribution is 2.22. The summed E-state index contributed by atoms with van der Waals surface area (Å²) in [4.78, 5) is 4.25. The van der Waals surface area contributed by atoms with Crippen molar-refractivity contribution in [3.63, 3.8) is 0 Å². The number of rotatable bonds is 5. The van der Waals surface area contributed by atoms with Crippen LogP contribution in [-0.2, 0) is 0 Å². The number of ether oxygens (including phenoxy) is 1. The molecule has 0 radical (unpaired) electrons. The third-order valence-electron chi connectivity index (χ3n) is 3.00. The van der Waals surface area contributed by atoms with Crippen molar-refractivity contribution in [2.75, 3.05) is 7.11 Å². The molecule has 6 heteroatoms. The van der Waals surface area contributed by atoms with Crippen LogP contribution < -0.4 is 9.41 Å². The van der Waals surface area contributed by atoms with Crippen molar-refractivity contribution in [3.05, 3.63) is 78.6 Å². The van der Waals surface area contributed by atoms with E-state index in [1.807, 2.05) is 60.9 Å². The zero-order valence-electron chi connectivity index (χ0n) is 12.6. The maximum atomic E-state index is 5.10. The van der Waals surface area contributed by atoms with Crippen molar-refractivity contribution in [1.82, 2.24) is 4.98 Å². The molecule has 0 spiro atoms. The number of hydrogen-bond donors (Lipinski definition) is 0. The molecule has 3 rings (SSSR count). The normalized spacial score (nSPS) is 10.7. The van der Waals surface area contributed by atoms with E-state index in [0.717, 1.165) is 11.4 Å². The van der Waals surface area contributed by atoms with Crippen molar-refractivity contribution in [2.24, 2.45) is 10.2 Å². The summed E-state index contributed by atoms with van der Waals surface area (Å²) in [5.74, 6) is 1.39. The Labute approximate surface area is 134 Å². The molecule has 2 aromatic heterocycles. The molecule has 0 N–H and O–H groups in total. The van der Waals surface area contributed by atoms with Crippen molar-refractivity contribution in [3.8, 4) is 5.75 Å². The molecule has 0 fully saturated rings. The molecule has 3 aromatic rings. The van der Waals surface area contributed by atoms with Crippen LogP contribution in [0.4, 0.5) is 17.2 Å². The lowest BCUT2D eigenvalue weighted by Crippen LogP contribution is -2.26. The molecule has 0 atom stereocenters. The van der Waals surface area contributed by atoms with Crippen LogP contribution in [0.5, 0.6) is 5.75 Å². The van der Waals surface area contributed by atoms with Gasteiger partial charge in [0.05, 0.1) is 18.5 Å². The third kappa shape index (κ3) is 4.10. The summed E-state index contributed by atoms with van der Waals surface area (Å²) in [6.07, 6.45) is 5.33. The molecule has 0 bridgehead atoms. The van der Waals surface area contributed by atoms with Crippen LogP contribution in [0, 0.1) is 0 Å². The predicted octanol–water partition coefficient (Wildman–Crippen LogP) is 4.26. The molecule has 0 aliphatic rings. The molecule has 0 unspecified atom stereocenters. The monoisotopic (exact) mass is 305 g/mol. The lowest BCUT2D eigenvalue weighted by Gasteiger charge is -2.07. The molecule has 1 aromatic carbocycles. The Bertz CT molecular complexity index is 770. The molecule has 2 heterocycles. The van der Waals surface area contributed by atoms with Gasteiger partial charge >= 0.3 is 0 Å². The summed E-state index contributed by atoms with van der Waals surface area (Å²) in [6, 6.07) is 16.7. The quantitative estimate of drug-likeness (QED) is 0.522. The van der Waals surface area contributed by atoms with Crippen molar-refractivity contribution in [1.29, 1.82) is 0 Å². The highest BCUT2D eigenvalue weighted by molar-refractivity contribution is 5.45. The minimum atomic E-state index is 0.601. The van der Waals surface area contributed by atoms with E-state index in [-0.39, 0.29) is 0 Å². The lowest BCUT2D eigenvalue weighted by atomic mass is 10.3. The lowest BCUT2D eigenvalue weighted by molar-refractivity contribution is -0.619. The van der Waals surface area contributed by atoms with Gasteiger partial charge in [0.2, 0.25) is 0 Å². The first-order valence-corrected chi connectivity index (χ1v) is 7.04. The second-order valence-electron chi connectivity index (χ2n) is 4.63. The summed E-state index contributed by atoms with van der Waals surface area (Å²) in [7, 11) is 1.63. The molecule has 23 heavy (non-hydrogen) atoms. The van der Waals surface area contributed by atoms with Crippen LogP contribution in [0.15, 0.2) is 83.4 Å². The van der Waals surface area contributed by atoms with Gasteiger partial charge in [-0.2, -0.15) is 20.3 Å². The Kier molecular flexibility index (Phi) is 4.54. The van der Waals surface area contributed by atoms with Gasteiger partial charge in [-0.05, 0) is 30.3 Å². The smallest absolute Gasteiger partial charge is 0.182 e. The highest BCUT2D eigenvalue weighted by Gasteiger charge is 1.95. The van der Waals surface area contributed by atoms with Gasteiger partial charge in [-0.3, -0.25) is 0 Å². The molecule has 0 saturated carbocycles. The standard InChI is InChI=1S/C17H15N5O/c1-23-16-8-5-14(6-9-16)19-20-15-7-10-17(18-13-15)21-22-11-3-2-4-12-22/h2-13H,1H3. The van der Waals surface area contributed by atoms with E-state index in [0.29, 0.717) is 11.5 Å². The second-order valence-corrected chi connectivity index (χ2v) is 4.63. The first-order chi connectivity index (χ1) is 11.3. The number of nitrogens with zero attached hydrogens (tertiary/aromatic N) is 5. The van der Waals surface area contributed by atoms with Gasteiger partial charge < -0.3 is 9.72 Å². The molecular formula is C17H15N5O. The fourth-order valence-corrected chi connectivity index (χ4v) is 1.84. The minimum Gasteiger partial charge on any atom is -0.497 e. The molecule has 0 saturated heterocycles. The highest BCUT2D eigenvalue weighted by atomic mass is 16.5. The van der Waals surface area contributed by atoms with E-state index >= 15 is 0 Å². The van der Waals surface area contributed by atoms with Gasteiger partial charge in [0, 0.05) is 18.0 Å². The first-order valence-electron chi connectivity index (χ1n) is 7.04. The third-order valence-corrected chi connectivity index (χ3v) is 3.00. The van der Waals surface area contributed by atoms with E-state index < -0.39 is 0 Å². The van der Waals surface area contributed by atoms with Gasteiger partial charge in [-0.25, -0.2) is 0 Å². The second kappa shape index (κ2) is 7.13. The summed E-state index contributed by atoms with van der Waals surface area (Å²) in [5, 5.41) is 8.31. The van der Waals surface area contributed by atoms with E-state index in [1.54, 1.807) is 24.0 Å². The van der Waals surface area contributed by atoms with Crippen LogP contribution >= 0.6 is 0 Å². The van der Waals surface area contributed by atoms with Crippen molar-refractivity contribution >= 4 is 17.2 Å². The summed E-state index contributed by atoms with van der Waals surface area (Å²) in [6.45, 7) is 0. The SMILES string of the molecule is COc1ccc(N=Nc2ccc([N-][n+]3ccccc3)nc2)cc1. The Morgan fingerprint density at radius 3 is 2.26 bits per heavy atom. The summed E-state index contributed by atoms with van der Waals surface area (Å²) < 4.78 is 6.79. The largest absolute Gasteiger partial charge is 0.497 e. The number of hydrogen-bond acceptors (Lipinski definition) is 4. The van der Waals surface area contributed by atoms with Crippen molar-refractivity contribution < 1.29 is 9.41 Å². The summed E-state index contributed by atoms with van der Waals surface area (Å²) >= 11 is 0. The van der Waals surface area contributed by atoms with E-state index in [9.17, 15) is 0 Å². The Morgan fingerprint density at radius 1 is 0.913 bits per heavy atom. The molecule has 0 aliphatic heterocycles. The van der Waals surface area contributed by atoms with Crippen LogP contribution in [0.2, 0.25) is 0 Å². The van der Waals surface area contributed by atoms with Crippen LogP contribution in [0.3, 0.4) is 0 Å². The molecule has 0 amide bonds. The zero-order valence-corrected chi connectivity index (χ0v) is 12.6. The van der Waals surface area contributed by atoms with Gasteiger partial charge in [0.25, 0.3) is 0 Å². The Hall–Kier alpha value is -3.28. The number of azo groups is 1. The average Bonchev–Trinajstić information content (AvgIpc) is 2.62. The van der Waals surface area contributed by atoms with Crippen molar-refractivity contribution in [2.45, 2.75) is 0 Å². The number of methoxy groups -OCH3 is 1.